The highest BCUT2D eigenvalue weighted by molar-refractivity contribution is 7.13. The maximum atomic E-state index is 4.24. The number of hydrogen-bond acceptors (Lipinski definition) is 4. The number of piperazine rings is 1. The molecule has 3 nitrogen and oxygen atoms in total. The van der Waals surface area contributed by atoms with Gasteiger partial charge >= 0.3 is 0 Å². The molecule has 0 saturated carbocycles. The van der Waals surface area contributed by atoms with Gasteiger partial charge in [0, 0.05) is 42.4 Å². The minimum atomic E-state index is 0.718. The molecular weight excluding hydrogens is 230 g/mol. The van der Waals surface area contributed by atoms with Crippen LogP contribution in [0.3, 0.4) is 0 Å². The van der Waals surface area contributed by atoms with Crippen molar-refractivity contribution in [1.82, 2.24) is 9.27 Å². The first-order chi connectivity index (χ1) is 8.31. The van der Waals surface area contributed by atoms with Crippen LogP contribution in [0.5, 0.6) is 0 Å². The molecule has 0 unspecified atom stereocenters. The van der Waals surface area contributed by atoms with E-state index in [2.05, 4.69) is 39.4 Å². The highest BCUT2D eigenvalue weighted by atomic mass is 32.1. The number of likely N-dealkylation sites (tertiary alicyclic amines) is 1. The number of hydrogen-bond donors (Lipinski definition) is 0. The van der Waals surface area contributed by atoms with Crippen LogP contribution in [0.25, 0.3) is 10.1 Å². The van der Waals surface area contributed by atoms with E-state index in [1.807, 2.05) is 6.20 Å². The largest absolute Gasteiger partial charge is 0.366 e. The standard InChI is InChI=1S/C13H15N3S/c1-15-7-12-4-11(15)8-16(12)10-3-2-9-6-14-17-13(9)5-10/h2-3,5-6,11-12H,4,7-8H2,1H3/t11-,12-/m0/s1. The van der Waals surface area contributed by atoms with E-state index in [0.29, 0.717) is 0 Å². The summed E-state index contributed by atoms with van der Waals surface area (Å²) in [4.78, 5) is 5.07. The van der Waals surface area contributed by atoms with Crippen LogP contribution < -0.4 is 4.90 Å². The maximum absolute atomic E-state index is 4.24. The number of benzene rings is 1. The zero-order valence-corrected chi connectivity index (χ0v) is 10.7. The lowest BCUT2D eigenvalue weighted by Crippen LogP contribution is -2.44. The molecule has 0 N–H and O–H groups in total. The summed E-state index contributed by atoms with van der Waals surface area (Å²) in [6.07, 6.45) is 3.28. The summed E-state index contributed by atoms with van der Waals surface area (Å²) in [5, 5.41) is 1.26. The molecule has 3 heterocycles. The van der Waals surface area contributed by atoms with Crippen molar-refractivity contribution in [1.29, 1.82) is 0 Å². The minimum absolute atomic E-state index is 0.718. The Morgan fingerprint density at radius 2 is 2.24 bits per heavy atom. The van der Waals surface area contributed by atoms with Crippen molar-refractivity contribution in [3.05, 3.63) is 24.4 Å². The van der Waals surface area contributed by atoms with Gasteiger partial charge in [-0.15, -0.1) is 0 Å². The van der Waals surface area contributed by atoms with Gasteiger partial charge in [-0.1, -0.05) is 0 Å². The first-order valence-electron chi connectivity index (χ1n) is 6.12. The average Bonchev–Trinajstić information content (AvgIpc) is 3.00. The lowest BCUT2D eigenvalue weighted by Gasteiger charge is -2.33. The fraction of sp³-hybridized carbons (Fsp3) is 0.462. The molecule has 4 heteroatoms. The molecule has 1 aromatic heterocycles. The number of fused-ring (bicyclic) bond motifs is 3. The minimum Gasteiger partial charge on any atom is -0.366 e. The summed E-state index contributed by atoms with van der Waals surface area (Å²) in [7, 11) is 2.24. The smallest absolute Gasteiger partial charge is 0.0570 e. The van der Waals surface area contributed by atoms with Crippen molar-refractivity contribution in [2.24, 2.45) is 0 Å². The van der Waals surface area contributed by atoms with Crippen LogP contribution in [0, 0.1) is 0 Å². The van der Waals surface area contributed by atoms with Crippen molar-refractivity contribution in [3.8, 4) is 0 Å². The van der Waals surface area contributed by atoms with Crippen LogP contribution in [0.15, 0.2) is 24.4 Å². The van der Waals surface area contributed by atoms with Gasteiger partial charge in [0.05, 0.1) is 4.70 Å². The van der Waals surface area contributed by atoms with Crippen LogP contribution in [0.1, 0.15) is 6.42 Å². The molecule has 17 heavy (non-hydrogen) atoms. The highest BCUT2D eigenvalue weighted by Gasteiger charge is 2.41. The molecule has 2 fully saturated rings. The summed E-state index contributed by atoms with van der Waals surface area (Å²) < 4.78 is 5.55. The van der Waals surface area contributed by atoms with E-state index < -0.39 is 0 Å². The van der Waals surface area contributed by atoms with Gasteiger partial charge in [0.1, 0.15) is 0 Å². The van der Waals surface area contributed by atoms with E-state index >= 15 is 0 Å². The second kappa shape index (κ2) is 3.43. The molecular formula is C13H15N3S. The van der Waals surface area contributed by atoms with Crippen LogP contribution in [-0.4, -0.2) is 41.5 Å². The topological polar surface area (TPSA) is 19.4 Å². The Labute approximate surface area is 105 Å². The van der Waals surface area contributed by atoms with Crippen molar-refractivity contribution < 1.29 is 0 Å². The Morgan fingerprint density at radius 1 is 1.29 bits per heavy atom. The monoisotopic (exact) mass is 245 g/mol. The molecule has 2 saturated heterocycles. The summed E-state index contributed by atoms with van der Waals surface area (Å²) >= 11 is 1.59. The number of rotatable bonds is 1. The van der Waals surface area contributed by atoms with Gasteiger partial charge in [-0.2, -0.15) is 4.37 Å². The number of likely N-dealkylation sites (N-methyl/N-ethyl adjacent to an activating group) is 1. The summed E-state index contributed by atoms with van der Waals surface area (Å²) in [6.45, 7) is 2.40. The average molecular weight is 245 g/mol. The van der Waals surface area contributed by atoms with Gasteiger partial charge in [0.15, 0.2) is 0 Å². The first-order valence-corrected chi connectivity index (χ1v) is 6.90. The number of anilines is 1. The summed E-state index contributed by atoms with van der Waals surface area (Å²) in [5.41, 5.74) is 1.38. The Bertz CT molecular complexity index is 563. The third kappa shape index (κ3) is 1.40. The zero-order chi connectivity index (χ0) is 11.4. The first kappa shape index (κ1) is 9.85. The molecule has 1 aromatic carbocycles. The molecule has 2 aliphatic heterocycles. The maximum Gasteiger partial charge on any atom is 0.0570 e. The van der Waals surface area contributed by atoms with Crippen LogP contribution in [-0.2, 0) is 0 Å². The van der Waals surface area contributed by atoms with Crippen molar-refractivity contribution in [2.75, 3.05) is 25.0 Å². The van der Waals surface area contributed by atoms with Gasteiger partial charge in [-0.3, -0.25) is 4.90 Å². The third-order valence-corrected chi connectivity index (χ3v) is 4.95. The van der Waals surface area contributed by atoms with Crippen molar-refractivity contribution >= 4 is 27.3 Å². The molecule has 0 aliphatic carbocycles. The quantitative estimate of drug-likeness (QED) is 0.767. The van der Waals surface area contributed by atoms with Crippen LogP contribution in [0.4, 0.5) is 5.69 Å². The predicted molar refractivity (Wildman–Crippen MR) is 71.8 cm³/mol. The van der Waals surface area contributed by atoms with Gasteiger partial charge < -0.3 is 4.90 Å². The molecule has 4 rings (SSSR count). The normalized spacial score (nSPS) is 28.4. The third-order valence-electron chi connectivity index (χ3n) is 4.19. The van der Waals surface area contributed by atoms with Gasteiger partial charge in [0.2, 0.25) is 0 Å². The van der Waals surface area contributed by atoms with Gasteiger partial charge in [-0.05, 0) is 43.2 Å². The van der Waals surface area contributed by atoms with E-state index in [0.717, 1.165) is 12.1 Å². The molecule has 2 aliphatic rings. The van der Waals surface area contributed by atoms with E-state index in [-0.39, 0.29) is 0 Å². The number of aromatic nitrogens is 1. The van der Waals surface area contributed by atoms with Crippen LogP contribution in [0.2, 0.25) is 0 Å². The lowest BCUT2D eigenvalue weighted by atomic mass is 10.2. The Hall–Kier alpha value is -1.13. The molecule has 2 bridgehead atoms. The van der Waals surface area contributed by atoms with Gasteiger partial charge in [0.25, 0.3) is 0 Å². The second-order valence-corrected chi connectivity index (χ2v) is 6.02. The Balaban J connectivity index is 1.71. The lowest BCUT2D eigenvalue weighted by molar-refractivity contribution is 0.292. The van der Waals surface area contributed by atoms with E-state index in [1.54, 1.807) is 11.5 Å². The molecule has 2 aromatic rings. The molecule has 88 valence electrons. The zero-order valence-electron chi connectivity index (χ0n) is 9.84. The molecule has 0 amide bonds. The highest BCUT2D eigenvalue weighted by Crippen LogP contribution is 2.35. The number of nitrogens with zero attached hydrogens (tertiary/aromatic N) is 3. The van der Waals surface area contributed by atoms with Crippen molar-refractivity contribution in [2.45, 2.75) is 18.5 Å². The Morgan fingerprint density at radius 3 is 3.00 bits per heavy atom. The SMILES string of the molecule is CN1C[C@@H]2C[C@H]1CN2c1ccc2cnsc2c1. The summed E-state index contributed by atoms with van der Waals surface area (Å²) in [5.74, 6) is 0. The second-order valence-electron chi connectivity index (χ2n) is 5.18. The fourth-order valence-electron chi connectivity index (χ4n) is 3.21. The van der Waals surface area contributed by atoms with E-state index in [1.165, 1.54) is 35.3 Å². The fourth-order valence-corrected chi connectivity index (χ4v) is 3.89. The van der Waals surface area contributed by atoms with E-state index in [9.17, 15) is 0 Å². The summed E-state index contributed by atoms with van der Waals surface area (Å²) in [6, 6.07) is 8.22. The molecule has 2 atom stereocenters. The van der Waals surface area contributed by atoms with Gasteiger partial charge in [-0.25, -0.2) is 0 Å². The Kier molecular flexibility index (Phi) is 1.99. The molecule has 0 spiro atoms. The van der Waals surface area contributed by atoms with E-state index in [4.69, 9.17) is 0 Å². The predicted octanol–water partition coefficient (Wildman–Crippen LogP) is 2.19. The molecule has 0 radical (unpaired) electrons. The van der Waals surface area contributed by atoms with Crippen LogP contribution >= 0.6 is 11.5 Å². The van der Waals surface area contributed by atoms with Crippen molar-refractivity contribution in [3.63, 3.8) is 0 Å².